The van der Waals surface area contributed by atoms with Crippen molar-refractivity contribution in [2.75, 3.05) is 31.2 Å². The number of ether oxygens (including phenoxy) is 2. The molecule has 1 aromatic carbocycles. The van der Waals surface area contributed by atoms with Gasteiger partial charge in [0.05, 0.1) is 31.2 Å². The van der Waals surface area contributed by atoms with Crippen molar-refractivity contribution >= 4 is 23.5 Å². The molecule has 3 saturated heterocycles. The number of benzene rings is 1. The molecule has 2 unspecified atom stereocenters. The van der Waals surface area contributed by atoms with Crippen LogP contribution in [0.1, 0.15) is 36.8 Å². The van der Waals surface area contributed by atoms with E-state index in [0.29, 0.717) is 19.3 Å². The normalized spacial score (nSPS) is 28.2. The number of aryl methyl sites for hydroxylation is 2. The van der Waals surface area contributed by atoms with Gasteiger partial charge >= 0.3 is 5.97 Å². The fourth-order valence-corrected chi connectivity index (χ4v) is 6.34. The summed E-state index contributed by atoms with van der Waals surface area (Å²) in [5.41, 5.74) is 1.49. The van der Waals surface area contributed by atoms with Gasteiger partial charge in [-0.2, -0.15) is 0 Å². The third-order valence-corrected chi connectivity index (χ3v) is 7.73. The van der Waals surface area contributed by atoms with Gasteiger partial charge in [0.1, 0.15) is 11.6 Å². The molecule has 0 aliphatic carbocycles. The average Bonchev–Trinajstić information content (AvgIpc) is 3.49. The highest BCUT2D eigenvalue weighted by Gasteiger charge is 2.75. The molecule has 0 saturated carbocycles. The number of amides is 2. The minimum atomic E-state index is -1.13. The number of carbonyl (C=O) groups is 3. The molecule has 1 aromatic rings. The van der Waals surface area contributed by atoms with E-state index in [1.165, 1.54) is 4.90 Å². The lowest BCUT2D eigenvalue weighted by Gasteiger charge is -2.37. The summed E-state index contributed by atoms with van der Waals surface area (Å²) in [6.45, 7) is 11.6. The van der Waals surface area contributed by atoms with Crippen LogP contribution >= 0.6 is 0 Å². The SMILES string of the molecule is C=CCCCOC(=O)[C@@H]1[C@H]2C(=O)N(CCO)C(C(=O)N(CC=C)c3c(C)cccc3C)C23CC[C@H]1O3. The molecule has 0 aromatic heterocycles. The van der Waals surface area contributed by atoms with Crippen LogP contribution < -0.4 is 4.90 Å². The van der Waals surface area contributed by atoms with Crippen molar-refractivity contribution in [1.82, 2.24) is 4.90 Å². The average molecular weight is 497 g/mol. The summed E-state index contributed by atoms with van der Waals surface area (Å²) in [5, 5.41) is 9.79. The number of nitrogens with zero attached hydrogens (tertiary/aromatic N) is 2. The molecular weight excluding hydrogens is 460 g/mol. The van der Waals surface area contributed by atoms with Gasteiger partial charge in [-0.3, -0.25) is 14.4 Å². The maximum Gasteiger partial charge on any atom is 0.312 e. The zero-order chi connectivity index (χ0) is 26.0. The molecule has 8 heteroatoms. The first-order valence-corrected chi connectivity index (χ1v) is 12.7. The smallest absolute Gasteiger partial charge is 0.312 e. The Hall–Kier alpha value is -2.97. The van der Waals surface area contributed by atoms with Crippen LogP contribution in [0, 0.1) is 25.7 Å². The lowest BCUT2D eigenvalue weighted by molar-refractivity contribution is -0.155. The van der Waals surface area contributed by atoms with Gasteiger partial charge in [0.2, 0.25) is 5.91 Å². The van der Waals surface area contributed by atoms with E-state index in [1.54, 1.807) is 17.1 Å². The van der Waals surface area contributed by atoms with Crippen LogP contribution in [0.25, 0.3) is 0 Å². The van der Waals surface area contributed by atoms with Crippen LogP contribution in [-0.2, 0) is 23.9 Å². The van der Waals surface area contributed by atoms with Crippen LogP contribution in [0.3, 0.4) is 0 Å². The van der Waals surface area contributed by atoms with E-state index >= 15 is 0 Å². The minimum absolute atomic E-state index is 0.0166. The summed E-state index contributed by atoms with van der Waals surface area (Å²) in [5.74, 6) is -2.66. The van der Waals surface area contributed by atoms with Gasteiger partial charge in [0.15, 0.2) is 0 Å². The van der Waals surface area contributed by atoms with Gasteiger partial charge in [0, 0.05) is 18.8 Å². The zero-order valence-electron chi connectivity index (χ0n) is 21.2. The molecule has 194 valence electrons. The number of unbranched alkanes of at least 4 members (excludes halogenated alkanes) is 1. The third-order valence-electron chi connectivity index (χ3n) is 7.73. The van der Waals surface area contributed by atoms with Crippen molar-refractivity contribution in [3.8, 4) is 0 Å². The highest BCUT2D eigenvalue weighted by Crippen LogP contribution is 2.58. The molecule has 36 heavy (non-hydrogen) atoms. The fourth-order valence-electron chi connectivity index (χ4n) is 6.34. The lowest BCUT2D eigenvalue weighted by Crippen LogP contribution is -2.57. The first-order valence-electron chi connectivity index (χ1n) is 12.7. The Labute approximate surface area is 212 Å². The lowest BCUT2D eigenvalue weighted by atomic mass is 9.70. The highest BCUT2D eigenvalue weighted by atomic mass is 16.6. The predicted octanol–water partition coefficient (Wildman–Crippen LogP) is 2.70. The first kappa shape index (κ1) is 26.1. The fraction of sp³-hybridized carbons (Fsp3) is 0.536. The topological polar surface area (TPSA) is 96.4 Å². The van der Waals surface area contributed by atoms with E-state index < -0.39 is 35.6 Å². The number of fused-ring (bicyclic) bond motifs is 1. The van der Waals surface area contributed by atoms with Gasteiger partial charge in [-0.1, -0.05) is 30.4 Å². The Morgan fingerprint density at radius 3 is 2.64 bits per heavy atom. The molecule has 4 rings (SSSR count). The molecule has 3 heterocycles. The number of para-hydroxylation sites is 1. The minimum Gasteiger partial charge on any atom is -0.465 e. The Morgan fingerprint density at radius 1 is 1.28 bits per heavy atom. The maximum atomic E-state index is 14.3. The van der Waals surface area contributed by atoms with Gasteiger partial charge in [0.25, 0.3) is 5.91 Å². The van der Waals surface area contributed by atoms with Crippen LogP contribution in [0.15, 0.2) is 43.5 Å². The molecule has 2 bridgehead atoms. The molecule has 1 spiro atoms. The Bertz CT molecular complexity index is 1030. The standard InChI is InChI=1S/C28H36N2O6/c1-5-7-8-17-35-27(34)21-20-12-13-28(36-20)22(21)25(32)30(15-16-31)24(28)26(33)29(14-6-2)23-18(3)10-9-11-19(23)4/h5-6,9-11,20-22,24,31H,1-2,7-8,12-17H2,3-4H3/t20-,21+,22+,24?,28?/m1/s1. The second-order valence-electron chi connectivity index (χ2n) is 9.89. The first-order chi connectivity index (χ1) is 17.3. The van der Waals surface area contributed by atoms with Crippen molar-refractivity contribution in [2.24, 2.45) is 11.8 Å². The number of β-amino-alcohol motifs (C(OH)–C–C–N with tert-alkyl or cyclic N) is 1. The van der Waals surface area contributed by atoms with Crippen molar-refractivity contribution in [3.05, 3.63) is 54.6 Å². The van der Waals surface area contributed by atoms with Crippen molar-refractivity contribution in [3.63, 3.8) is 0 Å². The van der Waals surface area contributed by atoms with Crippen molar-refractivity contribution < 1.29 is 29.0 Å². The number of aliphatic hydroxyl groups is 1. The summed E-state index contributed by atoms with van der Waals surface area (Å²) in [6, 6.07) is 4.86. The largest absolute Gasteiger partial charge is 0.465 e. The number of likely N-dealkylation sites (tertiary alicyclic amines) is 1. The molecule has 2 amide bonds. The Morgan fingerprint density at radius 2 is 2.00 bits per heavy atom. The second-order valence-corrected chi connectivity index (χ2v) is 9.89. The number of rotatable bonds is 11. The number of hydrogen-bond donors (Lipinski definition) is 1. The molecule has 3 fully saturated rings. The van der Waals surface area contributed by atoms with E-state index in [0.717, 1.165) is 23.2 Å². The second kappa shape index (κ2) is 10.6. The molecule has 3 aliphatic heterocycles. The summed E-state index contributed by atoms with van der Waals surface area (Å²) in [4.78, 5) is 44.2. The Balaban J connectivity index is 1.71. The van der Waals surface area contributed by atoms with E-state index in [-0.39, 0.29) is 38.1 Å². The van der Waals surface area contributed by atoms with Gasteiger partial charge < -0.3 is 24.4 Å². The number of hydrogen-bond acceptors (Lipinski definition) is 6. The maximum absolute atomic E-state index is 14.3. The summed E-state index contributed by atoms with van der Waals surface area (Å²) in [7, 11) is 0. The van der Waals surface area contributed by atoms with Crippen molar-refractivity contribution in [2.45, 2.75) is 57.3 Å². The molecular formula is C28H36N2O6. The van der Waals surface area contributed by atoms with E-state index in [9.17, 15) is 19.5 Å². The van der Waals surface area contributed by atoms with E-state index in [2.05, 4.69) is 13.2 Å². The molecule has 0 radical (unpaired) electrons. The number of aliphatic hydroxyl groups excluding tert-OH is 1. The number of esters is 1. The van der Waals surface area contributed by atoms with Crippen LogP contribution in [-0.4, -0.2) is 71.8 Å². The predicted molar refractivity (Wildman–Crippen MR) is 135 cm³/mol. The van der Waals surface area contributed by atoms with Crippen molar-refractivity contribution in [1.29, 1.82) is 0 Å². The summed E-state index contributed by atoms with van der Waals surface area (Å²) in [6.07, 6.45) is 5.38. The number of anilines is 1. The highest BCUT2D eigenvalue weighted by molar-refractivity contribution is 6.05. The van der Waals surface area contributed by atoms with Crippen LogP contribution in [0.2, 0.25) is 0 Å². The zero-order valence-corrected chi connectivity index (χ0v) is 21.2. The van der Waals surface area contributed by atoms with E-state index in [4.69, 9.17) is 9.47 Å². The quantitative estimate of drug-likeness (QED) is 0.288. The number of allylic oxidation sites excluding steroid dienone is 1. The van der Waals surface area contributed by atoms with Gasteiger partial charge in [-0.05, 0) is 50.7 Å². The molecule has 8 nitrogen and oxygen atoms in total. The van der Waals surface area contributed by atoms with Crippen LogP contribution in [0.5, 0.6) is 0 Å². The van der Waals surface area contributed by atoms with Gasteiger partial charge in [-0.25, -0.2) is 0 Å². The Kier molecular flexibility index (Phi) is 7.66. The van der Waals surface area contributed by atoms with E-state index in [1.807, 2.05) is 32.0 Å². The molecule has 3 aliphatic rings. The summed E-state index contributed by atoms with van der Waals surface area (Å²) < 4.78 is 11.9. The summed E-state index contributed by atoms with van der Waals surface area (Å²) >= 11 is 0. The number of carbonyl (C=O) groups excluding carboxylic acids is 3. The molecule has 1 N–H and O–H groups in total. The monoisotopic (exact) mass is 496 g/mol. The third kappa shape index (κ3) is 4.16. The van der Waals surface area contributed by atoms with Crippen LogP contribution in [0.4, 0.5) is 5.69 Å². The molecule has 5 atom stereocenters. The van der Waals surface area contributed by atoms with Gasteiger partial charge in [-0.15, -0.1) is 13.2 Å².